The van der Waals surface area contributed by atoms with Gasteiger partial charge in [0, 0.05) is 28.5 Å². The van der Waals surface area contributed by atoms with Gasteiger partial charge in [0.05, 0.1) is 0 Å². The van der Waals surface area contributed by atoms with E-state index in [0.717, 1.165) is 16.7 Å². The minimum absolute atomic E-state index is 0.247. The highest BCUT2D eigenvalue weighted by molar-refractivity contribution is 6.31. The van der Waals surface area contributed by atoms with E-state index >= 15 is 0 Å². The average molecular weight is 494 g/mol. The molecule has 4 aromatic rings. The molecule has 0 radical (unpaired) electrons. The van der Waals surface area contributed by atoms with Crippen molar-refractivity contribution in [1.29, 1.82) is 0 Å². The molecule has 2 atom stereocenters. The summed E-state index contributed by atoms with van der Waals surface area (Å²) in [5, 5.41) is 3.52. The fourth-order valence-corrected chi connectivity index (χ4v) is 4.81. The SMILES string of the molecule is O=C(N[C@]1(Cc2ccccc2)C(=O)OC(c2ccccc2)=C[C@@H]1c1ccccc1)c1cccc(Cl)c1. The molecule has 0 saturated carbocycles. The monoisotopic (exact) mass is 493 g/mol. The summed E-state index contributed by atoms with van der Waals surface area (Å²) < 4.78 is 5.95. The number of nitrogens with one attached hydrogen (secondary N) is 1. The van der Waals surface area contributed by atoms with Gasteiger partial charge in [0.25, 0.3) is 5.91 Å². The van der Waals surface area contributed by atoms with Gasteiger partial charge in [-0.15, -0.1) is 0 Å². The van der Waals surface area contributed by atoms with Crippen LogP contribution in [0.2, 0.25) is 5.02 Å². The van der Waals surface area contributed by atoms with Gasteiger partial charge in [-0.2, -0.15) is 0 Å². The van der Waals surface area contributed by atoms with Crippen LogP contribution in [0.15, 0.2) is 121 Å². The Kier molecular flexibility index (Phi) is 6.70. The molecule has 1 N–H and O–H groups in total. The molecule has 4 aromatic carbocycles. The van der Waals surface area contributed by atoms with Crippen molar-refractivity contribution in [3.63, 3.8) is 0 Å². The van der Waals surface area contributed by atoms with Gasteiger partial charge in [0.2, 0.25) is 0 Å². The van der Waals surface area contributed by atoms with Gasteiger partial charge in [-0.1, -0.05) is 109 Å². The number of carbonyl (C=O) groups is 2. The smallest absolute Gasteiger partial charge is 0.338 e. The molecule has 0 bridgehead atoms. The molecule has 1 aliphatic heterocycles. The Morgan fingerprint density at radius 2 is 1.47 bits per heavy atom. The van der Waals surface area contributed by atoms with Crippen LogP contribution in [0, 0.1) is 0 Å². The van der Waals surface area contributed by atoms with Gasteiger partial charge in [0.1, 0.15) is 5.76 Å². The first-order chi connectivity index (χ1) is 17.5. The van der Waals surface area contributed by atoms with Crippen molar-refractivity contribution < 1.29 is 14.3 Å². The van der Waals surface area contributed by atoms with Crippen molar-refractivity contribution >= 4 is 29.2 Å². The first kappa shape index (κ1) is 23.6. The molecule has 1 heterocycles. The quantitative estimate of drug-likeness (QED) is 0.315. The number of benzene rings is 4. The second-order valence-corrected chi connectivity index (χ2v) is 9.21. The normalized spacial score (nSPS) is 19.2. The second kappa shape index (κ2) is 10.2. The molecule has 36 heavy (non-hydrogen) atoms. The van der Waals surface area contributed by atoms with Gasteiger partial charge in [-0.3, -0.25) is 4.79 Å². The molecular formula is C31H24ClNO3. The predicted octanol–water partition coefficient (Wildman–Crippen LogP) is 6.43. The van der Waals surface area contributed by atoms with E-state index < -0.39 is 23.3 Å². The van der Waals surface area contributed by atoms with E-state index in [2.05, 4.69) is 5.32 Å². The van der Waals surface area contributed by atoms with Gasteiger partial charge in [0.15, 0.2) is 5.54 Å². The Morgan fingerprint density at radius 3 is 2.14 bits per heavy atom. The summed E-state index contributed by atoms with van der Waals surface area (Å²) in [5.74, 6) is -0.937. The van der Waals surface area contributed by atoms with Gasteiger partial charge >= 0.3 is 5.97 Å². The van der Waals surface area contributed by atoms with Crippen LogP contribution in [0.3, 0.4) is 0 Å². The maximum Gasteiger partial charge on any atom is 0.338 e. The molecular weight excluding hydrogens is 470 g/mol. The molecule has 1 amide bonds. The van der Waals surface area contributed by atoms with Crippen LogP contribution in [0.25, 0.3) is 5.76 Å². The van der Waals surface area contributed by atoms with Crippen LogP contribution >= 0.6 is 11.6 Å². The Morgan fingerprint density at radius 1 is 0.833 bits per heavy atom. The molecule has 1 aliphatic rings. The Bertz CT molecular complexity index is 1400. The lowest BCUT2D eigenvalue weighted by Crippen LogP contribution is -2.61. The third-order valence-corrected chi connectivity index (χ3v) is 6.62. The van der Waals surface area contributed by atoms with E-state index in [1.165, 1.54) is 0 Å². The first-order valence-corrected chi connectivity index (χ1v) is 12.1. The summed E-state index contributed by atoms with van der Waals surface area (Å²) in [5.41, 5.74) is 1.57. The molecule has 0 fully saturated rings. The van der Waals surface area contributed by atoms with Gasteiger partial charge < -0.3 is 10.1 Å². The fraction of sp³-hybridized carbons (Fsp3) is 0.0968. The number of esters is 1. The minimum Gasteiger partial charge on any atom is -0.424 e. The predicted molar refractivity (Wildman–Crippen MR) is 141 cm³/mol. The van der Waals surface area contributed by atoms with Crippen molar-refractivity contribution in [2.75, 3.05) is 0 Å². The number of ether oxygens (including phenoxy) is 1. The maximum atomic E-state index is 14.0. The summed E-state index contributed by atoms with van der Waals surface area (Å²) in [6, 6.07) is 35.5. The summed E-state index contributed by atoms with van der Waals surface area (Å²) in [6.45, 7) is 0. The lowest BCUT2D eigenvalue weighted by molar-refractivity contribution is -0.145. The summed E-state index contributed by atoms with van der Waals surface area (Å²) in [4.78, 5) is 27.6. The van der Waals surface area contributed by atoms with Crippen LogP contribution in [-0.2, 0) is 16.0 Å². The van der Waals surface area contributed by atoms with Crippen molar-refractivity contribution in [2.24, 2.45) is 0 Å². The lowest BCUT2D eigenvalue weighted by atomic mass is 9.73. The van der Waals surface area contributed by atoms with Crippen LogP contribution in [0.5, 0.6) is 0 Å². The van der Waals surface area contributed by atoms with Crippen molar-refractivity contribution in [1.82, 2.24) is 5.32 Å². The van der Waals surface area contributed by atoms with Gasteiger partial charge in [-0.25, -0.2) is 4.79 Å². The van der Waals surface area contributed by atoms with Crippen molar-refractivity contribution in [3.05, 3.63) is 149 Å². The molecule has 178 valence electrons. The largest absolute Gasteiger partial charge is 0.424 e. The Balaban J connectivity index is 1.67. The van der Waals surface area contributed by atoms with E-state index in [0.29, 0.717) is 16.3 Å². The third kappa shape index (κ3) is 4.81. The molecule has 4 nitrogen and oxygen atoms in total. The van der Waals surface area contributed by atoms with Crippen LogP contribution in [-0.4, -0.2) is 17.4 Å². The van der Waals surface area contributed by atoms with E-state index in [-0.39, 0.29) is 6.42 Å². The number of cyclic esters (lactones) is 1. The zero-order valence-electron chi connectivity index (χ0n) is 19.4. The molecule has 5 heteroatoms. The molecule has 0 aromatic heterocycles. The van der Waals surface area contributed by atoms with Crippen LogP contribution < -0.4 is 5.32 Å². The third-order valence-electron chi connectivity index (χ3n) is 6.38. The zero-order chi connectivity index (χ0) is 25.0. The maximum absolute atomic E-state index is 14.0. The summed E-state index contributed by atoms with van der Waals surface area (Å²) >= 11 is 6.16. The van der Waals surface area contributed by atoms with E-state index in [1.54, 1.807) is 24.3 Å². The van der Waals surface area contributed by atoms with Gasteiger partial charge in [-0.05, 0) is 35.4 Å². The van der Waals surface area contributed by atoms with E-state index in [9.17, 15) is 9.59 Å². The summed E-state index contributed by atoms with van der Waals surface area (Å²) in [6.07, 6.45) is 2.18. The zero-order valence-corrected chi connectivity index (χ0v) is 20.2. The number of amides is 1. The first-order valence-electron chi connectivity index (χ1n) is 11.7. The van der Waals surface area contributed by atoms with E-state index in [1.807, 2.05) is 97.1 Å². The Hall–Kier alpha value is -4.15. The number of hydrogen-bond donors (Lipinski definition) is 1. The number of halogens is 1. The second-order valence-electron chi connectivity index (χ2n) is 8.77. The highest BCUT2D eigenvalue weighted by Gasteiger charge is 2.51. The minimum atomic E-state index is -1.39. The average Bonchev–Trinajstić information content (AvgIpc) is 2.91. The van der Waals surface area contributed by atoms with Crippen molar-refractivity contribution in [3.8, 4) is 0 Å². The topological polar surface area (TPSA) is 55.4 Å². The standard InChI is InChI=1S/C31H24ClNO3/c32-26-18-10-17-25(19-26)29(34)33-31(21-22-11-4-1-5-12-22)27(23-13-6-2-7-14-23)20-28(36-30(31)35)24-15-8-3-9-16-24/h1-20,27H,21H2,(H,33,34)/t27-,31+/m1/s1. The lowest BCUT2D eigenvalue weighted by Gasteiger charge is -2.41. The van der Waals surface area contributed by atoms with Crippen LogP contribution in [0.1, 0.15) is 33.0 Å². The number of rotatable bonds is 6. The molecule has 0 unspecified atom stereocenters. The highest BCUT2D eigenvalue weighted by Crippen LogP contribution is 2.41. The highest BCUT2D eigenvalue weighted by atomic mass is 35.5. The molecule has 0 aliphatic carbocycles. The Labute approximate surface area is 215 Å². The number of carbonyl (C=O) groups excluding carboxylic acids is 2. The summed E-state index contributed by atoms with van der Waals surface area (Å²) in [7, 11) is 0. The van der Waals surface area contributed by atoms with Crippen molar-refractivity contribution in [2.45, 2.75) is 17.9 Å². The number of hydrogen-bond acceptors (Lipinski definition) is 3. The van der Waals surface area contributed by atoms with Crippen LogP contribution in [0.4, 0.5) is 0 Å². The molecule has 5 rings (SSSR count). The molecule has 0 spiro atoms. The van der Waals surface area contributed by atoms with E-state index in [4.69, 9.17) is 16.3 Å². The molecule has 0 saturated heterocycles. The fourth-order valence-electron chi connectivity index (χ4n) is 4.62.